The van der Waals surface area contributed by atoms with Gasteiger partial charge in [0.2, 0.25) is 0 Å². The highest BCUT2D eigenvalue weighted by Gasteiger charge is 2.22. The molecule has 1 atom stereocenters. The van der Waals surface area contributed by atoms with Gasteiger partial charge < -0.3 is 10.6 Å². The Morgan fingerprint density at radius 3 is 2.62 bits per heavy atom. The number of hydrogen-bond donors (Lipinski definition) is 1. The molecule has 2 heterocycles. The highest BCUT2D eigenvalue weighted by molar-refractivity contribution is 7.15. The van der Waals surface area contributed by atoms with Crippen molar-refractivity contribution in [3.8, 4) is 0 Å². The number of imidazole rings is 1. The van der Waals surface area contributed by atoms with Crippen molar-refractivity contribution in [2.45, 2.75) is 59.5 Å². The molecule has 5 heteroatoms. The van der Waals surface area contributed by atoms with Crippen LogP contribution in [-0.2, 0) is 6.42 Å². The molecule has 0 aliphatic rings. The summed E-state index contributed by atoms with van der Waals surface area (Å²) in [5.41, 5.74) is 7.47. The third-order valence-electron chi connectivity index (χ3n) is 3.78. The van der Waals surface area contributed by atoms with Crippen LogP contribution in [0.1, 0.15) is 46.7 Å². The Balaban J connectivity index is 2.44. The van der Waals surface area contributed by atoms with E-state index in [0.29, 0.717) is 12.0 Å². The number of aromatic nitrogens is 2. The molecule has 0 amide bonds. The summed E-state index contributed by atoms with van der Waals surface area (Å²) < 4.78 is 2.21. The van der Waals surface area contributed by atoms with Crippen LogP contribution in [-0.4, -0.2) is 28.0 Å². The van der Waals surface area contributed by atoms with Gasteiger partial charge in [-0.3, -0.25) is 4.40 Å². The molecular weight excluding hydrogens is 280 g/mol. The van der Waals surface area contributed by atoms with Gasteiger partial charge in [-0.1, -0.05) is 20.8 Å². The fourth-order valence-electron chi connectivity index (χ4n) is 2.57. The van der Waals surface area contributed by atoms with Crippen LogP contribution in [0.25, 0.3) is 4.96 Å². The zero-order chi connectivity index (χ0) is 15.6. The van der Waals surface area contributed by atoms with Crippen molar-refractivity contribution in [3.05, 3.63) is 17.3 Å². The summed E-state index contributed by atoms with van der Waals surface area (Å²) in [5, 5.41) is 2.09. The number of nitrogens with two attached hydrogens (primary N) is 1. The third kappa shape index (κ3) is 3.58. The maximum Gasteiger partial charge on any atom is 0.195 e. The standard InChI is InChI=1S/C16H28N4S/c1-6-13(17)9-14-15(18-16-19(14)7-8-21-16)20(12(4)5)10-11(2)3/h7-8,11-13H,6,9-10,17H2,1-5H3. The van der Waals surface area contributed by atoms with Gasteiger partial charge in [0.05, 0.1) is 5.69 Å². The lowest BCUT2D eigenvalue weighted by atomic mass is 10.1. The van der Waals surface area contributed by atoms with E-state index < -0.39 is 0 Å². The Morgan fingerprint density at radius 1 is 1.33 bits per heavy atom. The number of thiazole rings is 1. The van der Waals surface area contributed by atoms with Crippen LogP contribution in [0.4, 0.5) is 5.82 Å². The summed E-state index contributed by atoms with van der Waals surface area (Å²) in [4.78, 5) is 8.37. The molecule has 0 fully saturated rings. The Bertz CT molecular complexity index is 570. The fraction of sp³-hybridized carbons (Fsp3) is 0.688. The van der Waals surface area contributed by atoms with E-state index in [4.69, 9.17) is 10.7 Å². The molecule has 0 aromatic carbocycles. The van der Waals surface area contributed by atoms with Crippen LogP contribution < -0.4 is 10.6 Å². The van der Waals surface area contributed by atoms with Crippen molar-refractivity contribution in [1.82, 2.24) is 9.38 Å². The molecule has 21 heavy (non-hydrogen) atoms. The van der Waals surface area contributed by atoms with Crippen molar-refractivity contribution in [1.29, 1.82) is 0 Å². The van der Waals surface area contributed by atoms with Crippen LogP contribution in [0.15, 0.2) is 11.6 Å². The van der Waals surface area contributed by atoms with Gasteiger partial charge in [-0.25, -0.2) is 4.98 Å². The molecule has 2 N–H and O–H groups in total. The van der Waals surface area contributed by atoms with E-state index >= 15 is 0 Å². The first kappa shape index (κ1) is 16.3. The SMILES string of the molecule is CCC(N)Cc1c(N(CC(C)C)C(C)C)nc2sccn12. The number of anilines is 1. The van der Waals surface area contributed by atoms with Crippen molar-refractivity contribution in [3.63, 3.8) is 0 Å². The van der Waals surface area contributed by atoms with Crippen LogP contribution >= 0.6 is 11.3 Å². The number of nitrogens with zero attached hydrogens (tertiary/aromatic N) is 3. The second-order valence-electron chi connectivity index (χ2n) is 6.45. The first-order chi connectivity index (χ1) is 9.93. The van der Waals surface area contributed by atoms with Crippen molar-refractivity contribution >= 4 is 22.1 Å². The number of hydrogen-bond acceptors (Lipinski definition) is 4. The quantitative estimate of drug-likeness (QED) is 0.851. The number of fused-ring (bicyclic) bond motifs is 1. The lowest BCUT2D eigenvalue weighted by Gasteiger charge is -2.30. The van der Waals surface area contributed by atoms with E-state index in [9.17, 15) is 0 Å². The highest BCUT2D eigenvalue weighted by atomic mass is 32.1. The molecule has 0 aliphatic heterocycles. The minimum atomic E-state index is 0.191. The predicted octanol–water partition coefficient (Wildman–Crippen LogP) is 3.55. The molecule has 2 aromatic rings. The van der Waals surface area contributed by atoms with E-state index in [1.165, 1.54) is 5.69 Å². The highest BCUT2D eigenvalue weighted by Crippen LogP contribution is 2.28. The van der Waals surface area contributed by atoms with Crippen molar-refractivity contribution in [2.24, 2.45) is 11.7 Å². The number of rotatable bonds is 7. The van der Waals surface area contributed by atoms with Crippen molar-refractivity contribution < 1.29 is 0 Å². The first-order valence-electron chi connectivity index (χ1n) is 7.90. The van der Waals surface area contributed by atoms with Gasteiger partial charge in [0, 0.05) is 36.6 Å². The van der Waals surface area contributed by atoms with Crippen LogP contribution in [0.2, 0.25) is 0 Å². The minimum absolute atomic E-state index is 0.191. The molecule has 0 radical (unpaired) electrons. The van der Waals surface area contributed by atoms with Gasteiger partial charge in [-0.15, -0.1) is 11.3 Å². The van der Waals surface area contributed by atoms with Gasteiger partial charge in [0.1, 0.15) is 0 Å². The van der Waals surface area contributed by atoms with Gasteiger partial charge in [0.25, 0.3) is 0 Å². The molecule has 0 aliphatic carbocycles. The lowest BCUT2D eigenvalue weighted by molar-refractivity contribution is 0.561. The third-order valence-corrected chi connectivity index (χ3v) is 4.53. The molecule has 0 spiro atoms. The van der Waals surface area contributed by atoms with Crippen LogP contribution in [0.5, 0.6) is 0 Å². The topological polar surface area (TPSA) is 46.6 Å². The lowest BCUT2D eigenvalue weighted by Crippen LogP contribution is -2.35. The summed E-state index contributed by atoms with van der Waals surface area (Å²) in [6.07, 6.45) is 3.98. The van der Waals surface area contributed by atoms with Gasteiger partial charge in [0.15, 0.2) is 10.8 Å². The average Bonchev–Trinajstić information content (AvgIpc) is 2.98. The molecule has 0 saturated carbocycles. The van der Waals surface area contributed by atoms with E-state index in [1.54, 1.807) is 11.3 Å². The first-order valence-corrected chi connectivity index (χ1v) is 8.78. The predicted molar refractivity (Wildman–Crippen MR) is 92.4 cm³/mol. The van der Waals surface area contributed by atoms with E-state index in [2.05, 4.69) is 55.5 Å². The zero-order valence-corrected chi connectivity index (χ0v) is 14.7. The summed E-state index contributed by atoms with van der Waals surface area (Å²) in [5.74, 6) is 1.73. The Kier molecular flexibility index (Phi) is 5.27. The van der Waals surface area contributed by atoms with Crippen LogP contribution in [0, 0.1) is 5.92 Å². The molecule has 1 unspecified atom stereocenters. The molecule has 2 rings (SSSR count). The average molecular weight is 308 g/mol. The fourth-order valence-corrected chi connectivity index (χ4v) is 3.30. The second-order valence-corrected chi connectivity index (χ2v) is 7.32. The Morgan fingerprint density at radius 2 is 2.05 bits per heavy atom. The molecule has 2 aromatic heterocycles. The smallest absolute Gasteiger partial charge is 0.195 e. The monoisotopic (exact) mass is 308 g/mol. The maximum absolute atomic E-state index is 6.21. The molecule has 118 valence electrons. The van der Waals surface area contributed by atoms with E-state index in [1.807, 2.05) is 0 Å². The molecule has 0 bridgehead atoms. The van der Waals surface area contributed by atoms with Crippen LogP contribution in [0.3, 0.4) is 0 Å². The zero-order valence-electron chi connectivity index (χ0n) is 13.8. The molecule has 4 nitrogen and oxygen atoms in total. The van der Waals surface area contributed by atoms with Gasteiger partial charge in [-0.05, 0) is 26.2 Å². The minimum Gasteiger partial charge on any atom is -0.352 e. The maximum atomic E-state index is 6.21. The summed E-state index contributed by atoms with van der Waals surface area (Å²) in [7, 11) is 0. The molecule has 0 saturated heterocycles. The van der Waals surface area contributed by atoms with E-state index in [0.717, 1.165) is 30.2 Å². The summed E-state index contributed by atoms with van der Waals surface area (Å²) >= 11 is 1.69. The largest absolute Gasteiger partial charge is 0.352 e. The van der Waals surface area contributed by atoms with E-state index in [-0.39, 0.29) is 6.04 Å². The second kappa shape index (κ2) is 6.79. The normalized spacial score (nSPS) is 13.5. The molecular formula is C16H28N4S. The van der Waals surface area contributed by atoms with Gasteiger partial charge >= 0.3 is 0 Å². The van der Waals surface area contributed by atoms with Gasteiger partial charge in [-0.2, -0.15) is 0 Å². The van der Waals surface area contributed by atoms with Crippen molar-refractivity contribution in [2.75, 3.05) is 11.4 Å². The summed E-state index contributed by atoms with van der Waals surface area (Å²) in [6, 6.07) is 0.630. The summed E-state index contributed by atoms with van der Waals surface area (Å²) in [6.45, 7) is 12.1. The Hall–Kier alpha value is -1.07. The Labute approximate surface area is 132 Å².